The van der Waals surface area contributed by atoms with Gasteiger partial charge < -0.3 is 65.3 Å². The van der Waals surface area contributed by atoms with Crippen LogP contribution in [0.2, 0.25) is 0 Å². The van der Waals surface area contributed by atoms with Crippen molar-refractivity contribution in [3.05, 3.63) is 71.9 Å². The molecule has 0 unspecified atom stereocenters. The van der Waals surface area contributed by atoms with Crippen molar-refractivity contribution in [1.82, 2.24) is 31.6 Å². The maximum atomic E-state index is 14.2. The number of aliphatic carboxylic acids is 1. The van der Waals surface area contributed by atoms with Crippen molar-refractivity contribution in [2.75, 3.05) is 19.6 Å². The number of nitrogens with zero attached hydrogens (tertiary/aromatic N) is 2. The largest absolute Gasteiger partial charge is 2.00 e. The Labute approximate surface area is 425 Å². The first kappa shape index (κ1) is 61.2. The number of guanidine groups is 2. The summed E-state index contributed by atoms with van der Waals surface area (Å²) >= 11 is 0. The molecule has 72 heavy (non-hydrogen) atoms. The number of H-pyrrole nitrogens is 1. The number of fused-ring (bicyclic) bond motifs is 1. The Bertz CT molecular complexity index is 2260. The van der Waals surface area contributed by atoms with Gasteiger partial charge in [-0.2, -0.15) is 13.2 Å². The maximum absolute atomic E-state index is 14.2. The molecule has 21 nitrogen and oxygen atoms in total. The molecule has 3 aromatic rings. The van der Waals surface area contributed by atoms with Crippen molar-refractivity contribution in [1.29, 1.82) is 0 Å². The van der Waals surface area contributed by atoms with Crippen LogP contribution in [0.5, 0.6) is 0 Å². The van der Waals surface area contributed by atoms with Crippen molar-refractivity contribution in [2.45, 2.75) is 127 Å². The molecule has 2 aromatic carbocycles. The molecule has 2 fully saturated rings. The van der Waals surface area contributed by atoms with E-state index in [1.807, 2.05) is 30.3 Å². The van der Waals surface area contributed by atoms with E-state index in [9.17, 15) is 41.9 Å². The van der Waals surface area contributed by atoms with Crippen LogP contribution in [0, 0.1) is 5.92 Å². The minimum atomic E-state index is -5.08. The quantitative estimate of drug-likeness (QED) is 0.0364. The van der Waals surface area contributed by atoms with Gasteiger partial charge in [-0.05, 0) is 55.7 Å². The smallest absolute Gasteiger partial charge is 0.475 e. The minimum absolute atomic E-state index is 0. The number of aromatic amines is 1. The molecule has 0 saturated heterocycles. The molecule has 0 spiro atoms. The molecule has 4 atom stereocenters. The van der Waals surface area contributed by atoms with Crippen LogP contribution in [0.1, 0.15) is 94.6 Å². The first-order chi connectivity index (χ1) is 33.7. The number of alkyl halides is 3. The fourth-order valence-corrected chi connectivity index (χ4v) is 7.79. The SMILES string of the molecule is C1CCCC1.NC(=O)[C@H](Cc1ccccc1)NC(=O)[C@H](CCCN=C(N)N)NC(=O)[C@H](CCCN=C(N)N)NC(=O)[C@H](Cc1c[nH]c2ccccc12)NC(=O)CNC(=O)C1CCCC1.O=C(O)C(F)(F)F.[Co+2]. The molecular weight excluding hydrogens is 991 g/mol. The number of carbonyl (C=O) groups is 7. The number of nitrogens with one attached hydrogen (secondary N) is 6. The van der Waals surface area contributed by atoms with Gasteiger partial charge in [-0.3, -0.25) is 38.8 Å². The molecule has 1 radical (unpaired) electrons. The number of benzene rings is 2. The summed E-state index contributed by atoms with van der Waals surface area (Å²) < 4.78 is 31.7. The van der Waals surface area contributed by atoms with E-state index in [0.29, 0.717) is 0 Å². The van der Waals surface area contributed by atoms with Crippen LogP contribution in [-0.2, 0) is 63.2 Å². The average Bonchev–Trinajstić information content (AvgIpc) is 4.16. The third-order valence-corrected chi connectivity index (χ3v) is 11.5. The number of carboxylic acids is 1. The molecule has 5 rings (SSSR count). The van der Waals surface area contributed by atoms with Crippen LogP contribution < -0.4 is 55.3 Å². The Kier molecular flexibility index (Phi) is 27.3. The Hall–Kier alpha value is -6.89. The fourth-order valence-electron chi connectivity index (χ4n) is 7.79. The Morgan fingerprint density at radius 2 is 1.12 bits per heavy atom. The molecule has 25 heteroatoms. The van der Waals surface area contributed by atoms with Crippen LogP contribution in [0.15, 0.2) is 70.8 Å². The predicted octanol–water partition coefficient (Wildman–Crippen LogP) is 1.37. The summed E-state index contributed by atoms with van der Waals surface area (Å²) in [6.45, 7) is -0.0801. The Morgan fingerprint density at radius 1 is 0.653 bits per heavy atom. The van der Waals surface area contributed by atoms with E-state index in [4.69, 9.17) is 38.6 Å². The summed E-state index contributed by atoms with van der Waals surface area (Å²) in [4.78, 5) is 100. The first-order valence-electron chi connectivity index (χ1n) is 23.5. The zero-order valence-corrected chi connectivity index (χ0v) is 41.0. The summed E-state index contributed by atoms with van der Waals surface area (Å²) in [5, 5.41) is 21.5. The number of nitrogens with two attached hydrogens (primary N) is 5. The minimum Gasteiger partial charge on any atom is -0.475 e. The summed E-state index contributed by atoms with van der Waals surface area (Å²) in [5.41, 5.74) is 29.9. The van der Waals surface area contributed by atoms with Gasteiger partial charge in [0.2, 0.25) is 35.4 Å². The Balaban J connectivity index is 0.00000120. The monoisotopic (exact) mass is 1060 g/mol. The van der Waals surface area contributed by atoms with E-state index >= 15 is 0 Å². The number of carboxylic acid groups (broad SMARTS) is 1. The number of aliphatic imine (C=N–C) groups is 2. The van der Waals surface area contributed by atoms with Crippen molar-refractivity contribution in [3.8, 4) is 0 Å². The van der Waals surface area contributed by atoms with E-state index in [0.717, 1.165) is 47.7 Å². The van der Waals surface area contributed by atoms with E-state index in [1.165, 1.54) is 32.1 Å². The van der Waals surface area contributed by atoms with Gasteiger partial charge in [0, 0.05) is 48.9 Å². The number of amides is 6. The van der Waals surface area contributed by atoms with Crippen LogP contribution in [0.4, 0.5) is 13.2 Å². The molecule has 17 N–H and O–H groups in total. The van der Waals surface area contributed by atoms with E-state index < -0.39 is 65.8 Å². The molecule has 2 aliphatic rings. The third kappa shape index (κ3) is 23.3. The summed E-state index contributed by atoms with van der Waals surface area (Å²) in [6.07, 6.45) is 8.27. The molecule has 2 aliphatic carbocycles. The first-order valence-corrected chi connectivity index (χ1v) is 23.5. The van der Waals surface area contributed by atoms with Gasteiger partial charge in [-0.25, -0.2) is 4.79 Å². The van der Waals surface area contributed by atoms with Crippen molar-refractivity contribution < 1.29 is 68.6 Å². The van der Waals surface area contributed by atoms with E-state index in [-0.39, 0.29) is 98.7 Å². The number of hydrogen-bond donors (Lipinski definition) is 12. The molecule has 397 valence electrons. The normalized spacial score (nSPS) is 14.7. The standard InChI is InChI=1S/C40H57N13O6.C5H10.C2HF3O2.Co/c41-34(55)31(20-24-10-2-1-3-11-24)53-37(58)30(17-9-19-47-40(44)45)51-36(57)29(16-8-18-46-39(42)43)52-38(59)32(21-26-22-48-28-15-7-6-14-27(26)28)50-33(54)23-49-35(56)25-12-4-5-13-25;1-2-4-5-3-1;3-2(4,5)1(6)7;/h1-3,6-7,10-11,14-15,22,25,29-32,48H,4-5,8-9,12-13,16-21,23H2,(H2,41,55)(H,49,56)(H,50,54)(H,51,57)(H,52,59)(H,53,58)(H4,42,43,46)(H4,44,45,47);1-5H2;(H,6,7);/q;;;+2/t29-,30-,31-,32-;;;/m0.../s1. The molecular formula is C47H68CoF3N13O8+2. The second-order valence-electron chi connectivity index (χ2n) is 17.1. The number of rotatable bonds is 23. The van der Waals surface area contributed by atoms with Gasteiger partial charge in [0.15, 0.2) is 11.9 Å². The van der Waals surface area contributed by atoms with Gasteiger partial charge in [0.05, 0.1) is 6.54 Å². The van der Waals surface area contributed by atoms with Crippen LogP contribution >= 0.6 is 0 Å². The van der Waals surface area contributed by atoms with E-state index in [2.05, 4.69) is 41.6 Å². The number of halogens is 3. The Morgan fingerprint density at radius 3 is 1.61 bits per heavy atom. The molecule has 1 heterocycles. The van der Waals surface area contributed by atoms with Crippen molar-refractivity contribution in [2.24, 2.45) is 44.6 Å². The molecule has 6 amide bonds. The maximum Gasteiger partial charge on any atom is 2.00 e. The average molecular weight is 1060 g/mol. The third-order valence-electron chi connectivity index (χ3n) is 11.5. The van der Waals surface area contributed by atoms with Crippen LogP contribution in [0.3, 0.4) is 0 Å². The number of primary amides is 1. The summed E-state index contributed by atoms with van der Waals surface area (Å²) in [7, 11) is 0. The van der Waals surface area contributed by atoms with Gasteiger partial charge >= 0.3 is 28.9 Å². The summed E-state index contributed by atoms with van der Waals surface area (Å²) in [5.74, 6) is -6.94. The van der Waals surface area contributed by atoms with Crippen LogP contribution in [-0.4, -0.2) is 113 Å². The van der Waals surface area contributed by atoms with Gasteiger partial charge in [0.1, 0.15) is 24.2 Å². The van der Waals surface area contributed by atoms with Crippen molar-refractivity contribution >= 4 is 64.2 Å². The fraction of sp³-hybridized carbons (Fsp3) is 0.511. The number of carbonyl (C=O) groups excluding carboxylic acids is 6. The predicted molar refractivity (Wildman–Crippen MR) is 261 cm³/mol. The zero-order valence-electron chi connectivity index (χ0n) is 39.9. The van der Waals surface area contributed by atoms with E-state index in [1.54, 1.807) is 30.5 Å². The second kappa shape index (κ2) is 32.2. The number of hydrogen-bond acceptors (Lipinski definition) is 9. The molecule has 0 aliphatic heterocycles. The van der Waals surface area contributed by atoms with Crippen molar-refractivity contribution in [3.63, 3.8) is 0 Å². The molecule has 0 bridgehead atoms. The topological polar surface area (TPSA) is 370 Å². The number of para-hydroxylation sites is 1. The van der Waals surface area contributed by atoms with Gasteiger partial charge in [0.25, 0.3) is 0 Å². The molecule has 2 saturated carbocycles. The zero-order chi connectivity index (χ0) is 52.3. The van der Waals surface area contributed by atoms with Gasteiger partial charge in [-0.1, -0.05) is 93.5 Å². The summed E-state index contributed by atoms with van der Waals surface area (Å²) in [6, 6.07) is 11.7. The molecule has 1 aromatic heterocycles. The second-order valence-corrected chi connectivity index (χ2v) is 17.1. The number of aromatic nitrogens is 1. The van der Waals surface area contributed by atoms with Crippen LogP contribution in [0.25, 0.3) is 10.9 Å². The van der Waals surface area contributed by atoms with Gasteiger partial charge in [-0.15, -0.1) is 0 Å².